The molecule has 16 heavy (non-hydrogen) atoms. The maximum atomic E-state index is 12.0. The Morgan fingerprint density at radius 3 is 3.12 bits per heavy atom. The van der Waals surface area contributed by atoms with E-state index in [0.717, 1.165) is 17.7 Å². The van der Waals surface area contributed by atoms with Crippen LogP contribution in [0.5, 0.6) is 5.75 Å². The summed E-state index contributed by atoms with van der Waals surface area (Å²) < 4.78 is 5.65. The molecule has 0 fully saturated rings. The highest BCUT2D eigenvalue weighted by atomic mass is 16.5. The van der Waals surface area contributed by atoms with Crippen LogP contribution in [-0.2, 0) is 10.3 Å². The van der Waals surface area contributed by atoms with Gasteiger partial charge in [-0.1, -0.05) is 19.1 Å². The first kappa shape index (κ1) is 9.70. The lowest BCUT2D eigenvalue weighted by molar-refractivity contribution is -0.125. The second kappa shape index (κ2) is 3.00. The van der Waals surface area contributed by atoms with Crippen molar-refractivity contribution >= 4 is 5.91 Å². The highest BCUT2D eigenvalue weighted by Crippen LogP contribution is 2.45. The van der Waals surface area contributed by atoms with Gasteiger partial charge in [0.1, 0.15) is 17.9 Å². The Balaban J connectivity index is 2.25. The van der Waals surface area contributed by atoms with Gasteiger partial charge in [-0.15, -0.1) is 0 Å². The first-order chi connectivity index (χ1) is 7.65. The molecule has 2 atom stereocenters. The lowest BCUT2D eigenvalue weighted by atomic mass is 9.79. The minimum Gasteiger partial charge on any atom is -0.490 e. The summed E-state index contributed by atoms with van der Waals surface area (Å²) in [6, 6.07) is 6.01. The summed E-state index contributed by atoms with van der Waals surface area (Å²) in [5.41, 5.74) is 2.00. The second-order valence-corrected chi connectivity index (χ2v) is 4.79. The SMILES string of the molecule is CC[C@@H]1C(=O)N[C@@]2(C)COc3cccc1c32. The predicted molar refractivity (Wildman–Crippen MR) is 60.5 cm³/mol. The fourth-order valence-corrected chi connectivity index (χ4v) is 2.85. The molecule has 1 aromatic rings. The van der Waals surface area contributed by atoms with Gasteiger partial charge in [0, 0.05) is 5.56 Å². The van der Waals surface area contributed by atoms with Gasteiger partial charge < -0.3 is 10.1 Å². The Labute approximate surface area is 94.8 Å². The Morgan fingerprint density at radius 1 is 1.56 bits per heavy atom. The van der Waals surface area contributed by atoms with Crippen LogP contribution in [0.4, 0.5) is 0 Å². The van der Waals surface area contributed by atoms with Crippen molar-refractivity contribution in [2.45, 2.75) is 31.7 Å². The zero-order chi connectivity index (χ0) is 11.3. The largest absolute Gasteiger partial charge is 0.490 e. The molecule has 2 heterocycles. The van der Waals surface area contributed by atoms with Crippen LogP contribution in [0.2, 0.25) is 0 Å². The number of carbonyl (C=O) groups is 1. The Kier molecular flexibility index (Phi) is 1.82. The van der Waals surface area contributed by atoms with Crippen molar-refractivity contribution in [2.24, 2.45) is 0 Å². The van der Waals surface area contributed by atoms with Crippen LogP contribution in [0.15, 0.2) is 18.2 Å². The van der Waals surface area contributed by atoms with E-state index >= 15 is 0 Å². The third-order valence-electron chi connectivity index (χ3n) is 3.63. The highest BCUT2D eigenvalue weighted by Gasteiger charge is 2.45. The monoisotopic (exact) mass is 217 g/mol. The molecule has 2 aliphatic heterocycles. The average molecular weight is 217 g/mol. The molecule has 3 heteroatoms. The molecule has 0 saturated heterocycles. The number of rotatable bonds is 1. The molecule has 3 nitrogen and oxygen atoms in total. The molecule has 1 aromatic carbocycles. The minimum absolute atomic E-state index is 0.0234. The molecule has 0 unspecified atom stereocenters. The van der Waals surface area contributed by atoms with Crippen molar-refractivity contribution in [1.82, 2.24) is 5.32 Å². The standard InChI is InChI=1S/C13H15NO2/c1-3-8-9-5-4-6-10-11(9)13(2,7-16-10)14-12(8)15/h4-6,8H,3,7H2,1-2H3,(H,14,15)/t8-,13-/m0/s1. The van der Waals surface area contributed by atoms with Gasteiger partial charge in [0.25, 0.3) is 0 Å². The van der Waals surface area contributed by atoms with Gasteiger partial charge in [-0.3, -0.25) is 4.79 Å². The molecule has 0 radical (unpaired) electrons. The van der Waals surface area contributed by atoms with Crippen LogP contribution < -0.4 is 10.1 Å². The summed E-state index contributed by atoms with van der Waals surface area (Å²) in [5, 5.41) is 3.09. The smallest absolute Gasteiger partial charge is 0.228 e. The van der Waals surface area contributed by atoms with E-state index in [4.69, 9.17) is 4.74 Å². The van der Waals surface area contributed by atoms with Gasteiger partial charge in [-0.25, -0.2) is 0 Å². The van der Waals surface area contributed by atoms with E-state index in [1.807, 2.05) is 26.0 Å². The summed E-state index contributed by atoms with van der Waals surface area (Å²) in [5.74, 6) is 1.03. The van der Waals surface area contributed by atoms with Crippen molar-refractivity contribution in [3.8, 4) is 5.75 Å². The topological polar surface area (TPSA) is 38.3 Å². The van der Waals surface area contributed by atoms with Gasteiger partial charge in [0.2, 0.25) is 5.91 Å². The number of ether oxygens (including phenoxy) is 1. The maximum absolute atomic E-state index is 12.0. The van der Waals surface area contributed by atoms with Crippen LogP contribution >= 0.6 is 0 Å². The summed E-state index contributed by atoms with van der Waals surface area (Å²) in [6.45, 7) is 4.62. The average Bonchev–Trinajstić information content (AvgIpc) is 2.58. The third-order valence-corrected chi connectivity index (χ3v) is 3.63. The normalized spacial score (nSPS) is 30.6. The second-order valence-electron chi connectivity index (χ2n) is 4.79. The molecule has 1 N–H and O–H groups in total. The summed E-state index contributed by atoms with van der Waals surface area (Å²) in [6.07, 6.45) is 0.832. The van der Waals surface area contributed by atoms with Gasteiger partial charge in [-0.2, -0.15) is 0 Å². The number of carbonyl (C=O) groups excluding carboxylic acids is 1. The van der Waals surface area contributed by atoms with E-state index in [9.17, 15) is 4.79 Å². The summed E-state index contributed by atoms with van der Waals surface area (Å²) in [7, 11) is 0. The van der Waals surface area contributed by atoms with E-state index < -0.39 is 0 Å². The van der Waals surface area contributed by atoms with Gasteiger partial charge in [0.05, 0.1) is 5.92 Å². The molecule has 0 saturated carbocycles. The van der Waals surface area contributed by atoms with Crippen molar-refractivity contribution in [3.63, 3.8) is 0 Å². The molecule has 0 aromatic heterocycles. The molecule has 1 amide bonds. The Morgan fingerprint density at radius 2 is 2.38 bits per heavy atom. The summed E-state index contributed by atoms with van der Waals surface area (Å²) in [4.78, 5) is 12.0. The molecular weight excluding hydrogens is 202 g/mol. The van der Waals surface area contributed by atoms with E-state index in [2.05, 4.69) is 11.4 Å². The molecule has 0 spiro atoms. The van der Waals surface area contributed by atoms with Gasteiger partial charge in [0.15, 0.2) is 0 Å². The minimum atomic E-state index is -0.325. The third kappa shape index (κ3) is 1.06. The quantitative estimate of drug-likeness (QED) is 0.780. The van der Waals surface area contributed by atoms with E-state index in [-0.39, 0.29) is 17.4 Å². The van der Waals surface area contributed by atoms with E-state index in [0.29, 0.717) is 6.61 Å². The first-order valence-electron chi connectivity index (χ1n) is 5.74. The maximum Gasteiger partial charge on any atom is 0.228 e. The number of hydrogen-bond acceptors (Lipinski definition) is 2. The van der Waals surface area contributed by atoms with Crippen molar-refractivity contribution in [1.29, 1.82) is 0 Å². The molecule has 0 aliphatic carbocycles. The molecule has 0 bridgehead atoms. The number of benzene rings is 1. The lowest BCUT2D eigenvalue weighted by Gasteiger charge is -2.34. The van der Waals surface area contributed by atoms with Crippen LogP contribution in [0.1, 0.15) is 37.3 Å². The highest BCUT2D eigenvalue weighted by molar-refractivity contribution is 5.88. The van der Waals surface area contributed by atoms with E-state index in [1.54, 1.807) is 0 Å². The number of hydrogen-bond donors (Lipinski definition) is 1. The van der Waals surface area contributed by atoms with Crippen molar-refractivity contribution < 1.29 is 9.53 Å². The number of nitrogens with one attached hydrogen (secondary N) is 1. The fraction of sp³-hybridized carbons (Fsp3) is 0.462. The molecular formula is C13H15NO2. The van der Waals surface area contributed by atoms with Gasteiger partial charge >= 0.3 is 0 Å². The molecule has 2 aliphatic rings. The first-order valence-corrected chi connectivity index (χ1v) is 5.74. The van der Waals surface area contributed by atoms with Gasteiger partial charge in [-0.05, 0) is 25.0 Å². The number of amides is 1. The van der Waals surface area contributed by atoms with Crippen molar-refractivity contribution in [3.05, 3.63) is 29.3 Å². The zero-order valence-electron chi connectivity index (χ0n) is 9.54. The van der Waals surface area contributed by atoms with Crippen LogP contribution in [-0.4, -0.2) is 12.5 Å². The predicted octanol–water partition coefficient (Wildman–Crippen LogP) is 1.92. The van der Waals surface area contributed by atoms with Crippen LogP contribution in [0.25, 0.3) is 0 Å². The Hall–Kier alpha value is -1.51. The summed E-state index contributed by atoms with van der Waals surface area (Å²) >= 11 is 0. The Bertz CT molecular complexity index is 469. The molecule has 3 rings (SSSR count). The lowest BCUT2D eigenvalue weighted by Crippen LogP contribution is -2.50. The fourth-order valence-electron chi connectivity index (χ4n) is 2.85. The zero-order valence-corrected chi connectivity index (χ0v) is 9.54. The van der Waals surface area contributed by atoms with Crippen LogP contribution in [0.3, 0.4) is 0 Å². The molecule has 84 valence electrons. The van der Waals surface area contributed by atoms with E-state index in [1.165, 1.54) is 5.56 Å². The van der Waals surface area contributed by atoms with Crippen LogP contribution in [0, 0.1) is 0 Å². The van der Waals surface area contributed by atoms with Crippen molar-refractivity contribution in [2.75, 3.05) is 6.61 Å².